The molecule has 1 aliphatic carbocycles. The first kappa shape index (κ1) is 15.4. The van der Waals surface area contributed by atoms with Crippen molar-refractivity contribution in [3.05, 3.63) is 53.1 Å². The van der Waals surface area contributed by atoms with E-state index in [2.05, 4.69) is 80.2 Å². The highest BCUT2D eigenvalue weighted by atomic mass is 15.2. The first-order valence-corrected chi connectivity index (χ1v) is 9.68. The first-order chi connectivity index (χ1) is 12.2. The minimum absolute atomic E-state index is 0.0534. The van der Waals surface area contributed by atoms with Crippen molar-refractivity contribution in [2.75, 3.05) is 0 Å². The van der Waals surface area contributed by atoms with Crippen LogP contribution in [0.1, 0.15) is 76.6 Å². The highest BCUT2D eigenvalue weighted by molar-refractivity contribution is 5.52. The molecule has 132 valence electrons. The van der Waals surface area contributed by atoms with Crippen LogP contribution in [0.25, 0.3) is 11.8 Å². The summed E-state index contributed by atoms with van der Waals surface area (Å²) >= 11 is 0. The molecule has 0 radical (unpaired) electrons. The summed E-state index contributed by atoms with van der Waals surface area (Å²) in [6.07, 6.45) is 9.21. The van der Waals surface area contributed by atoms with Gasteiger partial charge in [0.05, 0.1) is 6.79 Å². The number of fused-ring (bicyclic) bond motifs is 1. The number of rotatable bonds is 2. The van der Waals surface area contributed by atoms with E-state index in [9.17, 15) is 1.37 Å². The lowest BCUT2D eigenvalue weighted by Crippen LogP contribution is -2.48. The van der Waals surface area contributed by atoms with Crippen LogP contribution in [0, 0.1) is 19.8 Å². The zero-order valence-corrected chi connectivity index (χ0v) is 16.3. The second-order valence-corrected chi connectivity index (χ2v) is 8.74. The van der Waals surface area contributed by atoms with Crippen molar-refractivity contribution in [2.24, 2.45) is 5.92 Å². The molecule has 1 atom stereocenters. The maximum atomic E-state index is 9.47. The Morgan fingerprint density at radius 1 is 1.12 bits per heavy atom. The normalized spacial score (nSPS) is 24.0. The third-order valence-electron chi connectivity index (χ3n) is 5.84. The first-order valence-electron chi connectivity index (χ1n) is 10.2. The summed E-state index contributed by atoms with van der Waals surface area (Å²) in [5.74, 6) is 1.66. The molecule has 2 nitrogen and oxygen atoms in total. The van der Waals surface area contributed by atoms with E-state index in [1.54, 1.807) is 0 Å². The molecule has 0 amide bonds. The molecule has 1 saturated carbocycles. The van der Waals surface area contributed by atoms with E-state index in [1.807, 2.05) is 0 Å². The molecule has 0 N–H and O–H groups in total. The Labute approximate surface area is 153 Å². The molecule has 1 unspecified atom stereocenters. The fourth-order valence-corrected chi connectivity index (χ4v) is 4.66. The van der Waals surface area contributed by atoms with Crippen LogP contribution in [0.4, 0.5) is 0 Å². The summed E-state index contributed by atoms with van der Waals surface area (Å²) in [6.45, 7) is 11.2. The van der Waals surface area contributed by atoms with Gasteiger partial charge in [0.15, 0.2) is 11.4 Å². The number of benzene rings is 1. The summed E-state index contributed by atoms with van der Waals surface area (Å²) in [5, 5.41) is 0. The van der Waals surface area contributed by atoms with E-state index in [0.717, 1.165) is 0 Å². The zero-order chi connectivity index (χ0) is 18.7. The molecular formula is C23H31N2+. The molecule has 1 aromatic carbocycles. The Bertz CT molecular complexity index is 878. The van der Waals surface area contributed by atoms with Gasteiger partial charge in [-0.15, -0.1) is 0 Å². The smallest absolute Gasteiger partial charge is 0.220 e. The standard InChI is InChI=1S/C23H31N2/c1-16-10-6-9-13-19(16)24-17(2)20-14-15-21(18-11-7-8-12-18)25(20)22(24)23(3,4)5/h6,9-10,13-15,18,21H,7-8,11-12H2,1-5H3/q+1/i21D. The lowest BCUT2D eigenvalue weighted by molar-refractivity contribution is -0.725. The van der Waals surface area contributed by atoms with Gasteiger partial charge in [0, 0.05) is 12.8 Å². The number of nitrogens with zero attached hydrogens (tertiary/aromatic N) is 2. The largest absolute Gasteiger partial charge is 0.268 e. The van der Waals surface area contributed by atoms with Gasteiger partial charge in [0.2, 0.25) is 0 Å². The van der Waals surface area contributed by atoms with Gasteiger partial charge < -0.3 is 0 Å². The van der Waals surface area contributed by atoms with E-state index in [0.29, 0.717) is 5.92 Å². The second-order valence-electron chi connectivity index (χ2n) is 8.74. The predicted molar refractivity (Wildman–Crippen MR) is 104 cm³/mol. The van der Waals surface area contributed by atoms with Crippen molar-refractivity contribution in [1.29, 1.82) is 0 Å². The van der Waals surface area contributed by atoms with Gasteiger partial charge in [0.25, 0.3) is 5.82 Å². The molecule has 1 aromatic heterocycles. The molecule has 0 bridgehead atoms. The summed E-state index contributed by atoms with van der Waals surface area (Å²) in [7, 11) is 0. The number of hydrogen-bond donors (Lipinski definition) is 0. The van der Waals surface area contributed by atoms with E-state index in [1.165, 1.54) is 54.1 Å². The Morgan fingerprint density at radius 2 is 1.80 bits per heavy atom. The topological polar surface area (TPSA) is 8.81 Å². The van der Waals surface area contributed by atoms with Crippen LogP contribution in [0.15, 0.2) is 30.3 Å². The van der Waals surface area contributed by atoms with Crippen LogP contribution in [0.3, 0.4) is 0 Å². The second kappa shape index (κ2) is 5.86. The molecule has 1 aliphatic heterocycles. The van der Waals surface area contributed by atoms with Crippen molar-refractivity contribution in [3.63, 3.8) is 0 Å². The third kappa shape index (κ3) is 2.58. The molecule has 0 spiro atoms. The number of aromatic nitrogens is 2. The van der Waals surface area contributed by atoms with Crippen molar-refractivity contribution >= 4 is 6.08 Å². The molecule has 25 heavy (non-hydrogen) atoms. The van der Waals surface area contributed by atoms with Crippen LogP contribution >= 0.6 is 0 Å². The summed E-state index contributed by atoms with van der Waals surface area (Å²) in [6, 6.07) is 7.95. The molecule has 0 saturated heterocycles. The van der Waals surface area contributed by atoms with Crippen molar-refractivity contribution in [1.82, 2.24) is 4.57 Å². The van der Waals surface area contributed by atoms with E-state index in [-0.39, 0.29) is 5.41 Å². The number of imidazole rings is 1. The highest BCUT2D eigenvalue weighted by Gasteiger charge is 2.43. The average molecular weight is 337 g/mol. The summed E-state index contributed by atoms with van der Waals surface area (Å²) < 4.78 is 14.2. The monoisotopic (exact) mass is 336 g/mol. The number of para-hydroxylation sites is 1. The van der Waals surface area contributed by atoms with Crippen LogP contribution in [-0.4, -0.2) is 4.57 Å². The van der Waals surface area contributed by atoms with Gasteiger partial charge in [-0.05, 0) is 64.3 Å². The van der Waals surface area contributed by atoms with Crippen LogP contribution in [-0.2, 0) is 5.41 Å². The lowest BCUT2D eigenvalue weighted by atomic mass is 9.92. The average Bonchev–Trinajstić information content (AvgIpc) is 3.26. The molecule has 1 fully saturated rings. The van der Waals surface area contributed by atoms with Crippen LogP contribution < -0.4 is 4.57 Å². The number of allylic oxidation sites excluding steroid dienone is 1. The van der Waals surface area contributed by atoms with Gasteiger partial charge in [0.1, 0.15) is 11.7 Å². The van der Waals surface area contributed by atoms with Crippen molar-refractivity contribution in [3.8, 4) is 5.69 Å². The summed E-state index contributed by atoms with van der Waals surface area (Å²) in [4.78, 5) is 0. The number of aryl methyl sites for hydroxylation is 1. The molecule has 2 aliphatic rings. The van der Waals surface area contributed by atoms with Crippen LogP contribution in [0.2, 0.25) is 0 Å². The highest BCUT2D eigenvalue weighted by Crippen LogP contribution is 2.39. The molecule has 4 rings (SSSR count). The molecule has 2 heteroatoms. The quantitative estimate of drug-likeness (QED) is 0.646. The van der Waals surface area contributed by atoms with Gasteiger partial charge in [-0.2, -0.15) is 4.57 Å². The van der Waals surface area contributed by atoms with Crippen molar-refractivity contribution in [2.45, 2.75) is 71.7 Å². The number of hydrogen-bond acceptors (Lipinski definition) is 0. The maximum Gasteiger partial charge on any atom is 0.268 e. The Balaban J connectivity index is 2.02. The predicted octanol–water partition coefficient (Wildman–Crippen LogP) is 5.44. The molecular weight excluding hydrogens is 304 g/mol. The Morgan fingerprint density at radius 3 is 2.44 bits per heavy atom. The summed E-state index contributed by atoms with van der Waals surface area (Å²) in [5.41, 5.74) is 4.91. The molecule has 2 heterocycles. The Kier molecular flexibility index (Phi) is 3.62. The van der Waals surface area contributed by atoms with Gasteiger partial charge in [-0.3, -0.25) is 0 Å². The maximum absolute atomic E-state index is 9.47. The van der Waals surface area contributed by atoms with Crippen molar-refractivity contribution < 1.29 is 5.94 Å². The fraction of sp³-hybridized carbons (Fsp3) is 0.522. The SMILES string of the molecule is [2H]C1(C2CCCC2)C=Cc2c(C)n(-c3ccccc3C)c(C(C)(C)C)[n+]21. The van der Waals surface area contributed by atoms with Gasteiger partial charge in [-0.1, -0.05) is 31.0 Å². The van der Waals surface area contributed by atoms with E-state index >= 15 is 0 Å². The minimum atomic E-state index is -0.646. The van der Waals surface area contributed by atoms with E-state index in [4.69, 9.17) is 0 Å². The minimum Gasteiger partial charge on any atom is -0.220 e. The van der Waals surface area contributed by atoms with E-state index < -0.39 is 6.02 Å². The van der Waals surface area contributed by atoms with Crippen LogP contribution in [0.5, 0.6) is 0 Å². The fourth-order valence-electron chi connectivity index (χ4n) is 4.66. The zero-order valence-electron chi connectivity index (χ0n) is 17.3. The van der Waals surface area contributed by atoms with Gasteiger partial charge in [-0.25, -0.2) is 4.57 Å². The van der Waals surface area contributed by atoms with Gasteiger partial charge >= 0.3 is 0 Å². The Hall–Kier alpha value is -1.83. The molecule has 2 aromatic rings. The third-order valence-corrected chi connectivity index (χ3v) is 5.84. The lowest BCUT2D eigenvalue weighted by Gasteiger charge is -2.23.